The highest BCUT2D eigenvalue weighted by atomic mass is 16.5. The van der Waals surface area contributed by atoms with Crippen molar-refractivity contribution in [2.24, 2.45) is 17.1 Å². The van der Waals surface area contributed by atoms with E-state index in [0.717, 1.165) is 56.8 Å². The highest BCUT2D eigenvalue weighted by molar-refractivity contribution is 5.87. The minimum Gasteiger partial charge on any atom is -0.493 e. The number of fused-ring (bicyclic) bond motifs is 1. The number of likely N-dealkylation sites (tertiary alicyclic amines) is 1. The fraction of sp³-hybridized carbons (Fsp3) is 0.480. The molecule has 2 aliphatic rings. The van der Waals surface area contributed by atoms with Crippen molar-refractivity contribution in [2.75, 3.05) is 26.2 Å². The predicted octanol–water partition coefficient (Wildman–Crippen LogP) is 4.06. The number of nitrogens with two attached hydrogens (primary N) is 1. The van der Waals surface area contributed by atoms with Crippen LogP contribution in [0.25, 0.3) is 0 Å². The molecule has 4 heteroatoms. The number of hydrogen-bond donors (Lipinski definition) is 1. The molecule has 2 unspecified atom stereocenters. The Labute approximate surface area is 175 Å². The zero-order valence-corrected chi connectivity index (χ0v) is 18.0. The Morgan fingerprint density at radius 1 is 1.34 bits per heavy atom. The fourth-order valence-corrected chi connectivity index (χ4v) is 4.80. The summed E-state index contributed by atoms with van der Waals surface area (Å²) < 4.78 is 5.61. The van der Waals surface area contributed by atoms with Crippen molar-refractivity contribution in [3.63, 3.8) is 0 Å². The van der Waals surface area contributed by atoms with Gasteiger partial charge in [-0.3, -0.25) is 4.79 Å². The lowest BCUT2D eigenvalue weighted by Gasteiger charge is -2.35. The largest absolute Gasteiger partial charge is 0.493 e. The number of amides is 1. The highest BCUT2D eigenvalue weighted by Crippen LogP contribution is 2.42. The molecule has 0 saturated carbocycles. The van der Waals surface area contributed by atoms with Gasteiger partial charge in [-0.1, -0.05) is 48.1 Å². The van der Waals surface area contributed by atoms with Gasteiger partial charge in [0.2, 0.25) is 5.91 Å². The van der Waals surface area contributed by atoms with Crippen LogP contribution in [0, 0.1) is 11.3 Å². The average molecular weight is 395 g/mol. The van der Waals surface area contributed by atoms with Crippen molar-refractivity contribution < 1.29 is 9.53 Å². The minimum absolute atomic E-state index is 0.200. The first-order valence-corrected chi connectivity index (χ1v) is 10.7. The van der Waals surface area contributed by atoms with Gasteiger partial charge in [0, 0.05) is 19.5 Å². The molecule has 1 fully saturated rings. The molecule has 2 N–H and O–H groups in total. The Morgan fingerprint density at radius 3 is 2.90 bits per heavy atom. The van der Waals surface area contributed by atoms with E-state index in [9.17, 15) is 4.79 Å². The smallest absolute Gasteiger partial charge is 0.231 e. The molecule has 156 valence electrons. The molecule has 0 aromatic heterocycles. The Morgan fingerprint density at radius 2 is 2.17 bits per heavy atom. The molecule has 4 nitrogen and oxygen atoms in total. The summed E-state index contributed by atoms with van der Waals surface area (Å²) >= 11 is 0. The standard InChI is InChI=1S/C25H34N2O2/c1-4-6-7-19(3)25(13-5-2,24(26)28)22-11-15-27(18-22)14-10-20-8-9-23-21(17-20)12-16-29-23/h4-9,13,17,22H,10-12,14-16,18H2,1-3H3,(H2,26,28)/b6-4-,13-5+,19-7+. The molecule has 1 saturated heterocycles. The van der Waals surface area contributed by atoms with E-state index in [1.807, 2.05) is 51.2 Å². The van der Waals surface area contributed by atoms with Gasteiger partial charge in [-0.2, -0.15) is 0 Å². The molecule has 0 spiro atoms. The first-order valence-electron chi connectivity index (χ1n) is 10.7. The summed E-state index contributed by atoms with van der Waals surface area (Å²) in [6, 6.07) is 6.56. The van der Waals surface area contributed by atoms with Crippen LogP contribution >= 0.6 is 0 Å². The summed E-state index contributed by atoms with van der Waals surface area (Å²) in [6.45, 7) is 9.66. The molecule has 0 bridgehead atoms. The topological polar surface area (TPSA) is 55.6 Å². The predicted molar refractivity (Wildman–Crippen MR) is 119 cm³/mol. The third-order valence-electron chi connectivity index (χ3n) is 6.42. The zero-order valence-electron chi connectivity index (χ0n) is 18.0. The van der Waals surface area contributed by atoms with Crippen molar-refractivity contribution in [1.29, 1.82) is 0 Å². The Bertz CT molecular complexity index is 824. The molecule has 0 aliphatic carbocycles. The molecule has 1 aromatic carbocycles. The fourth-order valence-electron chi connectivity index (χ4n) is 4.80. The summed E-state index contributed by atoms with van der Waals surface area (Å²) in [5.74, 6) is 0.987. The van der Waals surface area contributed by atoms with Gasteiger partial charge in [-0.25, -0.2) is 0 Å². The van der Waals surface area contributed by atoms with Crippen LogP contribution in [-0.2, 0) is 17.6 Å². The highest BCUT2D eigenvalue weighted by Gasteiger charge is 2.46. The van der Waals surface area contributed by atoms with Crippen LogP contribution in [0.4, 0.5) is 0 Å². The summed E-state index contributed by atoms with van der Waals surface area (Å²) in [6.07, 6.45) is 13.0. The van der Waals surface area contributed by atoms with Gasteiger partial charge in [0.05, 0.1) is 12.0 Å². The Kier molecular flexibility index (Phi) is 6.96. The van der Waals surface area contributed by atoms with Gasteiger partial charge < -0.3 is 15.4 Å². The van der Waals surface area contributed by atoms with E-state index < -0.39 is 5.41 Å². The monoisotopic (exact) mass is 394 g/mol. The number of ether oxygens (including phenoxy) is 1. The van der Waals surface area contributed by atoms with E-state index in [1.54, 1.807) is 0 Å². The van der Waals surface area contributed by atoms with Crippen LogP contribution in [0.1, 0.15) is 38.3 Å². The second-order valence-electron chi connectivity index (χ2n) is 8.19. The van der Waals surface area contributed by atoms with E-state index in [2.05, 4.69) is 23.1 Å². The quantitative estimate of drug-likeness (QED) is 0.534. The number of hydrogen-bond acceptors (Lipinski definition) is 3. The van der Waals surface area contributed by atoms with E-state index in [0.29, 0.717) is 0 Å². The number of allylic oxidation sites excluding steroid dienone is 4. The van der Waals surface area contributed by atoms with Gasteiger partial charge in [0.15, 0.2) is 0 Å². The van der Waals surface area contributed by atoms with Gasteiger partial charge in [0.25, 0.3) is 0 Å². The number of rotatable bonds is 8. The SMILES string of the molecule is C/C=C\C=C(/C)C(/C=C/C)(C(N)=O)C1CCN(CCc2ccc3c(c2)CCO3)C1. The van der Waals surface area contributed by atoms with Gasteiger partial charge >= 0.3 is 0 Å². The van der Waals surface area contributed by atoms with Crippen LogP contribution in [0.3, 0.4) is 0 Å². The molecule has 2 heterocycles. The van der Waals surface area contributed by atoms with Crippen molar-refractivity contribution in [3.8, 4) is 5.75 Å². The zero-order chi connectivity index (χ0) is 20.9. The first-order chi connectivity index (χ1) is 14.0. The normalized spacial score (nSPS) is 22.2. The maximum Gasteiger partial charge on any atom is 0.231 e. The van der Waals surface area contributed by atoms with E-state index >= 15 is 0 Å². The van der Waals surface area contributed by atoms with E-state index in [4.69, 9.17) is 10.5 Å². The molecular formula is C25H34N2O2. The molecule has 3 rings (SSSR count). The first kappa shape index (κ1) is 21.4. The van der Waals surface area contributed by atoms with Crippen LogP contribution in [0.2, 0.25) is 0 Å². The second kappa shape index (κ2) is 9.45. The molecule has 1 aromatic rings. The molecule has 29 heavy (non-hydrogen) atoms. The molecule has 0 radical (unpaired) electrons. The van der Waals surface area contributed by atoms with Gasteiger partial charge in [-0.15, -0.1) is 0 Å². The number of carbonyl (C=O) groups is 1. The lowest BCUT2D eigenvalue weighted by Crippen LogP contribution is -2.44. The second-order valence-corrected chi connectivity index (χ2v) is 8.19. The van der Waals surface area contributed by atoms with Crippen LogP contribution < -0.4 is 10.5 Å². The number of carbonyl (C=O) groups excluding carboxylic acids is 1. The summed E-state index contributed by atoms with van der Waals surface area (Å²) in [5, 5.41) is 0. The third-order valence-corrected chi connectivity index (χ3v) is 6.42. The summed E-state index contributed by atoms with van der Waals surface area (Å²) in [4.78, 5) is 15.1. The Hall–Kier alpha value is -2.33. The van der Waals surface area contributed by atoms with Crippen LogP contribution in [0.5, 0.6) is 5.75 Å². The maximum atomic E-state index is 12.7. The minimum atomic E-state index is -0.714. The van der Waals surface area contributed by atoms with Gasteiger partial charge in [0.1, 0.15) is 5.75 Å². The Balaban J connectivity index is 1.70. The van der Waals surface area contributed by atoms with Gasteiger partial charge in [-0.05, 0) is 63.3 Å². The van der Waals surface area contributed by atoms with Crippen molar-refractivity contribution >= 4 is 5.91 Å². The molecule has 2 atom stereocenters. The number of primary amides is 1. The lowest BCUT2D eigenvalue weighted by atomic mass is 9.68. The van der Waals surface area contributed by atoms with Crippen molar-refractivity contribution in [2.45, 2.75) is 40.0 Å². The molecule has 2 aliphatic heterocycles. The summed E-state index contributed by atoms with van der Waals surface area (Å²) in [5.41, 5.74) is 8.98. The number of nitrogens with zero attached hydrogens (tertiary/aromatic N) is 1. The van der Waals surface area contributed by atoms with Crippen molar-refractivity contribution in [1.82, 2.24) is 4.90 Å². The van der Waals surface area contributed by atoms with E-state index in [-0.39, 0.29) is 11.8 Å². The average Bonchev–Trinajstić information content (AvgIpc) is 3.37. The number of benzene rings is 1. The third kappa shape index (κ3) is 4.48. The maximum absolute atomic E-state index is 12.7. The lowest BCUT2D eigenvalue weighted by molar-refractivity contribution is -0.125. The molecular weight excluding hydrogens is 360 g/mol. The van der Waals surface area contributed by atoms with Crippen molar-refractivity contribution in [3.05, 3.63) is 65.3 Å². The molecule has 1 amide bonds. The summed E-state index contributed by atoms with van der Waals surface area (Å²) in [7, 11) is 0. The van der Waals surface area contributed by atoms with E-state index in [1.165, 1.54) is 11.1 Å². The van der Waals surface area contributed by atoms with Crippen LogP contribution in [-0.4, -0.2) is 37.0 Å². The van der Waals surface area contributed by atoms with Crippen LogP contribution in [0.15, 0.2) is 54.2 Å².